The van der Waals surface area contributed by atoms with Crippen molar-refractivity contribution in [3.8, 4) is 0 Å². The zero-order valence-electron chi connectivity index (χ0n) is 11.4. The van der Waals surface area contributed by atoms with Gasteiger partial charge in [0.1, 0.15) is 0 Å². The minimum absolute atomic E-state index is 0.335. The van der Waals surface area contributed by atoms with Crippen molar-refractivity contribution >= 4 is 5.91 Å². The van der Waals surface area contributed by atoms with E-state index in [-0.39, 0.29) is 0 Å². The maximum atomic E-state index is 11.6. The van der Waals surface area contributed by atoms with Crippen LogP contribution in [0.15, 0.2) is 0 Å². The molecular formula is C14H26N2O. The first-order valence-corrected chi connectivity index (χ1v) is 7.19. The molecule has 0 bridgehead atoms. The maximum absolute atomic E-state index is 11.6. The number of amides is 1. The molecule has 2 rings (SSSR count). The Morgan fingerprint density at radius 2 is 1.82 bits per heavy atom. The van der Waals surface area contributed by atoms with E-state index in [1.165, 1.54) is 45.3 Å². The summed E-state index contributed by atoms with van der Waals surface area (Å²) in [5.41, 5.74) is 0.568. The fourth-order valence-corrected chi connectivity index (χ4v) is 3.21. The molecule has 0 saturated carbocycles. The van der Waals surface area contributed by atoms with Crippen molar-refractivity contribution in [2.24, 2.45) is 5.41 Å². The lowest BCUT2D eigenvalue weighted by molar-refractivity contribution is -0.135. The van der Waals surface area contributed by atoms with E-state index in [1.807, 2.05) is 6.92 Å². The molecule has 17 heavy (non-hydrogen) atoms. The van der Waals surface area contributed by atoms with Gasteiger partial charge in [-0.3, -0.25) is 4.79 Å². The fraction of sp³-hybridized carbons (Fsp3) is 0.929. The van der Waals surface area contributed by atoms with E-state index in [0.717, 1.165) is 13.1 Å². The largest absolute Gasteiger partial charge is 0.343 e. The number of unbranched alkanes of at least 4 members (excludes halogenated alkanes) is 1. The van der Waals surface area contributed by atoms with Crippen molar-refractivity contribution in [2.45, 2.75) is 46.0 Å². The first-order valence-electron chi connectivity index (χ1n) is 7.19. The minimum Gasteiger partial charge on any atom is -0.343 e. The predicted molar refractivity (Wildman–Crippen MR) is 69.9 cm³/mol. The van der Waals surface area contributed by atoms with Crippen LogP contribution in [-0.4, -0.2) is 48.4 Å². The number of carbonyl (C=O) groups excluding carboxylic acids is 1. The zero-order chi connectivity index (χ0) is 12.3. The van der Waals surface area contributed by atoms with Gasteiger partial charge in [0.15, 0.2) is 0 Å². The number of carbonyl (C=O) groups is 1. The van der Waals surface area contributed by atoms with E-state index in [9.17, 15) is 4.79 Å². The monoisotopic (exact) mass is 238 g/mol. The molecule has 0 aliphatic carbocycles. The summed E-state index contributed by atoms with van der Waals surface area (Å²) < 4.78 is 0. The second-order valence-corrected chi connectivity index (χ2v) is 5.80. The molecule has 2 heterocycles. The average molecular weight is 238 g/mol. The molecule has 1 amide bonds. The van der Waals surface area contributed by atoms with Crippen LogP contribution in [0.1, 0.15) is 46.0 Å². The van der Waals surface area contributed by atoms with E-state index in [4.69, 9.17) is 0 Å². The van der Waals surface area contributed by atoms with Crippen LogP contribution in [0.5, 0.6) is 0 Å². The smallest absolute Gasteiger partial charge is 0.222 e. The van der Waals surface area contributed by atoms with Gasteiger partial charge in [-0.05, 0) is 31.2 Å². The van der Waals surface area contributed by atoms with Gasteiger partial charge in [-0.15, -0.1) is 0 Å². The quantitative estimate of drug-likeness (QED) is 0.749. The van der Waals surface area contributed by atoms with Crippen molar-refractivity contribution in [1.82, 2.24) is 9.80 Å². The number of rotatable bonds is 4. The summed E-state index contributed by atoms with van der Waals surface area (Å²) in [5, 5.41) is 0. The van der Waals surface area contributed by atoms with Gasteiger partial charge >= 0.3 is 0 Å². The first-order chi connectivity index (χ1) is 8.19. The fourth-order valence-electron chi connectivity index (χ4n) is 3.21. The molecule has 0 atom stereocenters. The number of hydrogen-bond acceptors (Lipinski definition) is 2. The normalized spacial score (nSPS) is 23.8. The molecule has 3 heteroatoms. The first kappa shape index (κ1) is 12.9. The molecule has 2 aliphatic heterocycles. The third-order valence-corrected chi connectivity index (χ3v) is 4.43. The topological polar surface area (TPSA) is 23.6 Å². The lowest BCUT2D eigenvalue weighted by Gasteiger charge is -2.54. The van der Waals surface area contributed by atoms with E-state index in [2.05, 4.69) is 16.7 Å². The van der Waals surface area contributed by atoms with Gasteiger partial charge in [0.05, 0.1) is 0 Å². The Morgan fingerprint density at radius 1 is 1.18 bits per heavy atom. The molecular weight excluding hydrogens is 212 g/mol. The molecule has 0 aromatic rings. The molecule has 1 spiro atoms. The second kappa shape index (κ2) is 5.38. The third kappa shape index (κ3) is 2.82. The van der Waals surface area contributed by atoms with Crippen LogP contribution >= 0.6 is 0 Å². The Kier molecular flexibility index (Phi) is 4.08. The van der Waals surface area contributed by atoms with Crippen LogP contribution in [0.25, 0.3) is 0 Å². The highest BCUT2D eigenvalue weighted by Gasteiger charge is 2.44. The SMILES string of the molecule is CCCCN1CC2(CCN(C(=O)CC)CC2)C1. The van der Waals surface area contributed by atoms with Gasteiger partial charge in [0.2, 0.25) is 5.91 Å². The predicted octanol–water partition coefficient (Wildman–Crippen LogP) is 2.12. The maximum Gasteiger partial charge on any atom is 0.222 e. The standard InChI is InChI=1S/C14H26N2O/c1-3-5-8-15-11-14(12-15)6-9-16(10-7-14)13(17)4-2/h3-12H2,1-2H3. The minimum atomic E-state index is 0.335. The molecule has 98 valence electrons. The van der Waals surface area contributed by atoms with Crippen molar-refractivity contribution in [1.29, 1.82) is 0 Å². The Labute approximate surface area is 105 Å². The van der Waals surface area contributed by atoms with Crippen LogP contribution in [0.2, 0.25) is 0 Å². The molecule has 0 aromatic heterocycles. The summed E-state index contributed by atoms with van der Waals surface area (Å²) >= 11 is 0. The van der Waals surface area contributed by atoms with Crippen molar-refractivity contribution in [2.75, 3.05) is 32.7 Å². The number of likely N-dealkylation sites (tertiary alicyclic amines) is 2. The van der Waals surface area contributed by atoms with Gasteiger partial charge in [0, 0.05) is 32.6 Å². The lowest BCUT2D eigenvalue weighted by atomic mass is 9.72. The van der Waals surface area contributed by atoms with Gasteiger partial charge in [0.25, 0.3) is 0 Å². The number of hydrogen-bond donors (Lipinski definition) is 0. The van der Waals surface area contributed by atoms with Gasteiger partial charge in [-0.1, -0.05) is 20.3 Å². The summed E-state index contributed by atoms with van der Waals surface area (Å²) in [7, 11) is 0. The summed E-state index contributed by atoms with van der Waals surface area (Å²) in [6.45, 7) is 10.0. The summed E-state index contributed by atoms with van der Waals surface area (Å²) in [6.07, 6.45) is 5.73. The van der Waals surface area contributed by atoms with Crippen molar-refractivity contribution in [3.05, 3.63) is 0 Å². The second-order valence-electron chi connectivity index (χ2n) is 5.80. The lowest BCUT2D eigenvalue weighted by Crippen LogP contribution is -2.60. The molecule has 0 radical (unpaired) electrons. The molecule has 2 fully saturated rings. The van der Waals surface area contributed by atoms with Gasteiger partial charge in [-0.2, -0.15) is 0 Å². The summed E-state index contributed by atoms with van der Waals surface area (Å²) in [5.74, 6) is 0.335. The van der Waals surface area contributed by atoms with Gasteiger partial charge < -0.3 is 9.80 Å². The summed E-state index contributed by atoms with van der Waals surface area (Å²) in [4.78, 5) is 16.2. The molecule has 2 saturated heterocycles. The molecule has 2 aliphatic rings. The van der Waals surface area contributed by atoms with Crippen LogP contribution in [-0.2, 0) is 4.79 Å². The number of nitrogens with zero attached hydrogens (tertiary/aromatic N) is 2. The van der Waals surface area contributed by atoms with Gasteiger partial charge in [-0.25, -0.2) is 0 Å². The molecule has 0 N–H and O–H groups in total. The van der Waals surface area contributed by atoms with E-state index < -0.39 is 0 Å². The molecule has 0 aromatic carbocycles. The Hall–Kier alpha value is -0.570. The third-order valence-electron chi connectivity index (χ3n) is 4.43. The molecule has 0 unspecified atom stereocenters. The van der Waals surface area contributed by atoms with Crippen LogP contribution in [0.4, 0.5) is 0 Å². The highest BCUT2D eigenvalue weighted by atomic mass is 16.2. The Morgan fingerprint density at radius 3 is 2.35 bits per heavy atom. The van der Waals surface area contributed by atoms with E-state index in [1.54, 1.807) is 0 Å². The Bertz CT molecular complexity index is 261. The van der Waals surface area contributed by atoms with Crippen LogP contribution < -0.4 is 0 Å². The summed E-state index contributed by atoms with van der Waals surface area (Å²) in [6, 6.07) is 0. The highest BCUT2D eigenvalue weighted by molar-refractivity contribution is 5.75. The van der Waals surface area contributed by atoms with E-state index in [0.29, 0.717) is 17.7 Å². The van der Waals surface area contributed by atoms with Crippen LogP contribution in [0, 0.1) is 5.41 Å². The highest BCUT2D eigenvalue weighted by Crippen LogP contribution is 2.40. The van der Waals surface area contributed by atoms with Crippen LogP contribution in [0.3, 0.4) is 0 Å². The molecule has 3 nitrogen and oxygen atoms in total. The van der Waals surface area contributed by atoms with Crippen molar-refractivity contribution < 1.29 is 4.79 Å². The Balaban J connectivity index is 1.72. The average Bonchev–Trinajstić information content (AvgIpc) is 2.33. The zero-order valence-corrected chi connectivity index (χ0v) is 11.4. The number of piperidine rings is 1. The van der Waals surface area contributed by atoms with Crippen molar-refractivity contribution in [3.63, 3.8) is 0 Å². The van der Waals surface area contributed by atoms with E-state index >= 15 is 0 Å².